The first kappa shape index (κ1) is 18.5. The number of hydrogen-bond donors (Lipinski definition) is 1. The van der Waals surface area contributed by atoms with Gasteiger partial charge < -0.3 is 10.2 Å². The molecule has 4 nitrogen and oxygen atoms in total. The number of carbonyl (C=O) groups is 2. The first-order valence-electron chi connectivity index (χ1n) is 9.22. The third-order valence-electron chi connectivity index (χ3n) is 5.14. The van der Waals surface area contributed by atoms with Gasteiger partial charge in [0.05, 0.1) is 0 Å². The Bertz CT molecular complexity index is 769. The van der Waals surface area contributed by atoms with Gasteiger partial charge in [0.1, 0.15) is 0 Å². The fraction of sp³-hybridized carbons (Fsp3) is 0.429. The quantitative estimate of drug-likeness (QED) is 0.775. The summed E-state index contributed by atoms with van der Waals surface area (Å²) < 4.78 is 12.2. The Labute approximate surface area is 153 Å². The van der Waals surface area contributed by atoms with Gasteiger partial charge in [-0.25, -0.2) is 4.39 Å². The zero-order valence-electron chi connectivity index (χ0n) is 14.9. The van der Waals surface area contributed by atoms with E-state index in [1.165, 1.54) is 0 Å². The van der Waals surface area contributed by atoms with E-state index >= 15 is 0 Å². The molecule has 2 aromatic rings. The second-order valence-electron chi connectivity index (χ2n) is 6.96. The summed E-state index contributed by atoms with van der Waals surface area (Å²) in [6.45, 7) is 2.19. The summed E-state index contributed by atoms with van der Waals surface area (Å²) in [5.74, 6) is 0.0411. The highest BCUT2D eigenvalue weighted by atomic mass is 19.1. The second-order valence-corrected chi connectivity index (χ2v) is 6.96. The molecule has 0 unspecified atom stereocenters. The number of nitrogens with zero attached hydrogens (tertiary/aromatic N) is 1. The van der Waals surface area contributed by atoms with Gasteiger partial charge in [-0.05, 0) is 48.7 Å². The van der Waals surface area contributed by atoms with Crippen LogP contribution in [0.15, 0.2) is 42.5 Å². The molecule has 1 saturated heterocycles. The Morgan fingerprint density at radius 3 is 2.54 bits per heavy atom. The average molecular weight is 356 g/mol. The van der Waals surface area contributed by atoms with Crippen molar-refractivity contribution in [3.8, 4) is 0 Å². The summed E-state index contributed by atoms with van der Waals surface area (Å²) in [5, 5.41) is 4.85. The van der Waals surface area contributed by atoms with Crippen molar-refractivity contribution in [3.05, 3.63) is 48.0 Å². The molecule has 0 atom stereocenters. The number of nitrogens with one attached hydrogen (secondary N) is 1. The van der Waals surface area contributed by atoms with E-state index in [1.807, 2.05) is 42.5 Å². The highest BCUT2D eigenvalue weighted by Crippen LogP contribution is 2.19. The SMILES string of the molecule is O=C(CF)NCC1CCN(CCC(=O)c2ccc3ccccc3c2)CC1. The number of rotatable bonds is 7. The molecule has 26 heavy (non-hydrogen) atoms. The van der Waals surface area contributed by atoms with Crippen LogP contribution >= 0.6 is 0 Å². The number of benzene rings is 2. The zero-order chi connectivity index (χ0) is 18.4. The monoisotopic (exact) mass is 356 g/mol. The van der Waals surface area contributed by atoms with Crippen molar-refractivity contribution in [1.29, 1.82) is 0 Å². The van der Waals surface area contributed by atoms with Crippen molar-refractivity contribution < 1.29 is 14.0 Å². The number of ketones is 1. The number of hydrogen-bond acceptors (Lipinski definition) is 3. The lowest BCUT2D eigenvalue weighted by atomic mass is 9.96. The van der Waals surface area contributed by atoms with Crippen molar-refractivity contribution in [3.63, 3.8) is 0 Å². The fourth-order valence-electron chi connectivity index (χ4n) is 3.49. The van der Waals surface area contributed by atoms with Crippen molar-refractivity contribution in [2.45, 2.75) is 19.3 Å². The molecule has 0 aromatic heterocycles. The van der Waals surface area contributed by atoms with Gasteiger partial charge >= 0.3 is 0 Å². The topological polar surface area (TPSA) is 49.4 Å². The summed E-state index contributed by atoms with van der Waals surface area (Å²) in [6, 6.07) is 13.9. The standard InChI is InChI=1S/C21H25FN2O2/c22-14-21(26)23-15-16-7-10-24(11-8-16)12-9-20(25)19-6-5-17-3-1-2-4-18(17)13-19/h1-6,13,16H,7-12,14-15H2,(H,23,26). The molecule has 1 fully saturated rings. The summed E-state index contributed by atoms with van der Waals surface area (Å²) in [7, 11) is 0. The van der Waals surface area contributed by atoms with E-state index in [4.69, 9.17) is 0 Å². The average Bonchev–Trinajstić information content (AvgIpc) is 2.70. The highest BCUT2D eigenvalue weighted by molar-refractivity contribution is 6.00. The lowest BCUT2D eigenvalue weighted by molar-refractivity contribution is -0.122. The summed E-state index contributed by atoms with van der Waals surface area (Å²) in [5.41, 5.74) is 0.771. The molecule has 0 bridgehead atoms. The summed E-state index contributed by atoms with van der Waals surface area (Å²) in [6.07, 6.45) is 2.45. The van der Waals surface area contributed by atoms with E-state index in [1.54, 1.807) is 0 Å². The van der Waals surface area contributed by atoms with Crippen molar-refractivity contribution in [1.82, 2.24) is 10.2 Å². The Morgan fingerprint density at radius 1 is 1.08 bits per heavy atom. The number of piperidine rings is 1. The van der Waals surface area contributed by atoms with E-state index in [-0.39, 0.29) is 5.78 Å². The van der Waals surface area contributed by atoms with Crippen LogP contribution in [0.1, 0.15) is 29.6 Å². The van der Waals surface area contributed by atoms with Crippen LogP contribution in [0.2, 0.25) is 0 Å². The molecule has 3 rings (SSSR count). The molecule has 0 spiro atoms. The van der Waals surface area contributed by atoms with Gasteiger partial charge in [0, 0.05) is 25.1 Å². The van der Waals surface area contributed by atoms with Crippen LogP contribution < -0.4 is 5.32 Å². The number of alkyl halides is 1. The lowest BCUT2D eigenvalue weighted by Gasteiger charge is -2.31. The Morgan fingerprint density at radius 2 is 1.81 bits per heavy atom. The molecule has 1 amide bonds. The van der Waals surface area contributed by atoms with E-state index in [2.05, 4.69) is 10.2 Å². The normalized spacial score (nSPS) is 15.9. The van der Waals surface area contributed by atoms with Gasteiger partial charge in [0.2, 0.25) is 0 Å². The maximum Gasteiger partial charge on any atom is 0.251 e. The number of carbonyl (C=O) groups excluding carboxylic acids is 2. The maximum atomic E-state index is 12.5. The van der Waals surface area contributed by atoms with E-state index < -0.39 is 12.6 Å². The van der Waals surface area contributed by atoms with Crippen LogP contribution in [0.25, 0.3) is 10.8 Å². The largest absolute Gasteiger partial charge is 0.354 e. The number of fused-ring (bicyclic) bond motifs is 1. The summed E-state index contributed by atoms with van der Waals surface area (Å²) >= 11 is 0. The van der Waals surface area contributed by atoms with Crippen molar-refractivity contribution in [2.75, 3.05) is 32.9 Å². The van der Waals surface area contributed by atoms with Gasteiger partial charge in [-0.15, -0.1) is 0 Å². The first-order chi connectivity index (χ1) is 12.7. The van der Waals surface area contributed by atoms with Gasteiger partial charge in [0.25, 0.3) is 5.91 Å². The zero-order valence-corrected chi connectivity index (χ0v) is 14.9. The van der Waals surface area contributed by atoms with Gasteiger partial charge in [-0.3, -0.25) is 9.59 Å². The smallest absolute Gasteiger partial charge is 0.251 e. The molecule has 1 aliphatic heterocycles. The predicted molar refractivity (Wildman–Crippen MR) is 101 cm³/mol. The van der Waals surface area contributed by atoms with E-state index in [9.17, 15) is 14.0 Å². The molecular formula is C21H25FN2O2. The molecule has 0 radical (unpaired) electrons. The molecule has 0 saturated carbocycles. The minimum absolute atomic E-state index is 0.174. The van der Waals surface area contributed by atoms with Crippen molar-refractivity contribution in [2.24, 2.45) is 5.92 Å². The fourth-order valence-corrected chi connectivity index (χ4v) is 3.49. The van der Waals surface area contributed by atoms with Gasteiger partial charge in [-0.1, -0.05) is 36.4 Å². The molecule has 0 aliphatic carbocycles. The maximum absolute atomic E-state index is 12.5. The van der Waals surface area contributed by atoms with Crippen LogP contribution in [-0.4, -0.2) is 49.4 Å². The minimum atomic E-state index is -0.949. The number of likely N-dealkylation sites (tertiary alicyclic amines) is 1. The second kappa shape index (κ2) is 8.90. The highest BCUT2D eigenvalue weighted by Gasteiger charge is 2.20. The van der Waals surface area contributed by atoms with E-state index in [0.717, 1.165) is 48.8 Å². The van der Waals surface area contributed by atoms with Gasteiger partial charge in [-0.2, -0.15) is 0 Å². The minimum Gasteiger partial charge on any atom is -0.354 e. The van der Waals surface area contributed by atoms with Crippen LogP contribution in [0, 0.1) is 5.92 Å². The number of halogens is 1. The predicted octanol–water partition coefficient (Wildman–Crippen LogP) is 3.21. The molecule has 138 valence electrons. The molecule has 1 N–H and O–H groups in total. The third-order valence-corrected chi connectivity index (χ3v) is 5.14. The van der Waals surface area contributed by atoms with Crippen LogP contribution in [-0.2, 0) is 4.79 Å². The number of amides is 1. The van der Waals surface area contributed by atoms with Crippen molar-refractivity contribution >= 4 is 22.5 Å². The van der Waals surface area contributed by atoms with E-state index in [0.29, 0.717) is 18.9 Å². The molecular weight excluding hydrogens is 331 g/mol. The van der Waals surface area contributed by atoms with Crippen LogP contribution in [0.5, 0.6) is 0 Å². The van der Waals surface area contributed by atoms with Gasteiger partial charge in [0.15, 0.2) is 12.5 Å². The molecule has 2 aromatic carbocycles. The molecule has 1 aliphatic rings. The Kier molecular flexibility index (Phi) is 6.34. The molecule has 5 heteroatoms. The Balaban J connectivity index is 1.44. The number of Topliss-reactive ketones (excluding diaryl/α,β-unsaturated/α-hetero) is 1. The Hall–Kier alpha value is -2.27. The summed E-state index contributed by atoms with van der Waals surface area (Å²) in [4.78, 5) is 25.8. The third kappa shape index (κ3) is 4.88. The first-order valence-corrected chi connectivity index (χ1v) is 9.22. The van der Waals surface area contributed by atoms with Crippen LogP contribution in [0.3, 0.4) is 0 Å². The lowest BCUT2D eigenvalue weighted by Crippen LogP contribution is -2.39. The van der Waals surface area contributed by atoms with Crippen LogP contribution in [0.4, 0.5) is 4.39 Å². The molecule has 1 heterocycles.